The largest absolute Gasteiger partial charge is 0.315 e. The molecule has 2 aromatic carbocycles. The fraction of sp³-hybridized carbons (Fsp3) is 0.208. The fourth-order valence-electron chi connectivity index (χ4n) is 3.49. The van der Waals surface area contributed by atoms with Gasteiger partial charge in [0.2, 0.25) is 0 Å². The van der Waals surface area contributed by atoms with Crippen LogP contribution in [0.2, 0.25) is 0 Å². The first-order valence-electron chi connectivity index (χ1n) is 9.98. The van der Waals surface area contributed by atoms with Crippen LogP contribution in [0.4, 0.5) is 8.78 Å². The lowest BCUT2D eigenvalue weighted by Crippen LogP contribution is -2.19. The number of hydrogen-bond donors (Lipinski definition) is 0. The second kappa shape index (κ2) is 8.53. The third-order valence-electron chi connectivity index (χ3n) is 5.14. The van der Waals surface area contributed by atoms with E-state index in [2.05, 4.69) is 16.9 Å². The molecular weight excluding hydrogens is 384 g/mol. The normalized spacial score (nSPS) is 11.2. The van der Waals surface area contributed by atoms with E-state index in [0.717, 1.165) is 19.3 Å². The zero-order valence-electron chi connectivity index (χ0n) is 16.6. The van der Waals surface area contributed by atoms with Crippen molar-refractivity contribution < 1.29 is 8.78 Å². The van der Waals surface area contributed by atoms with Crippen LogP contribution in [0.5, 0.6) is 0 Å². The standard InChI is InChI=1S/C24H21F2N3O/c1-2-3-6-10-29-11-9-16-12-20(22(26)13-19(16)24(29)30)23-27-14-17(15-28-23)18-7-4-5-8-21(18)25/h4-5,7-9,11-15H,2-3,6,10H2,1H3. The molecule has 0 spiro atoms. The summed E-state index contributed by atoms with van der Waals surface area (Å²) < 4.78 is 30.4. The average molecular weight is 405 g/mol. The third-order valence-corrected chi connectivity index (χ3v) is 5.14. The molecule has 0 saturated carbocycles. The highest BCUT2D eigenvalue weighted by Crippen LogP contribution is 2.26. The van der Waals surface area contributed by atoms with E-state index in [4.69, 9.17) is 0 Å². The van der Waals surface area contributed by atoms with Crippen LogP contribution < -0.4 is 5.56 Å². The van der Waals surface area contributed by atoms with Crippen LogP contribution >= 0.6 is 0 Å². The van der Waals surface area contributed by atoms with Crippen molar-refractivity contribution in [2.45, 2.75) is 32.7 Å². The molecule has 4 nitrogen and oxygen atoms in total. The third kappa shape index (κ3) is 3.85. The second-order valence-electron chi connectivity index (χ2n) is 7.22. The molecule has 0 unspecified atom stereocenters. The molecule has 152 valence electrons. The van der Waals surface area contributed by atoms with E-state index in [1.54, 1.807) is 41.1 Å². The Kier molecular flexibility index (Phi) is 5.65. The minimum Gasteiger partial charge on any atom is -0.315 e. The molecule has 4 rings (SSSR count). The van der Waals surface area contributed by atoms with Crippen molar-refractivity contribution in [1.82, 2.24) is 14.5 Å². The van der Waals surface area contributed by atoms with Gasteiger partial charge in [-0.2, -0.15) is 0 Å². The first-order valence-corrected chi connectivity index (χ1v) is 9.98. The molecule has 2 heterocycles. The minimum absolute atomic E-state index is 0.182. The van der Waals surface area contributed by atoms with Crippen LogP contribution in [0, 0.1) is 11.6 Å². The Balaban J connectivity index is 1.69. The van der Waals surface area contributed by atoms with E-state index in [9.17, 15) is 13.6 Å². The minimum atomic E-state index is -0.565. The fourth-order valence-corrected chi connectivity index (χ4v) is 3.49. The summed E-state index contributed by atoms with van der Waals surface area (Å²) >= 11 is 0. The van der Waals surface area contributed by atoms with Crippen LogP contribution in [0.3, 0.4) is 0 Å². The van der Waals surface area contributed by atoms with Crippen molar-refractivity contribution in [1.29, 1.82) is 0 Å². The molecule has 0 aliphatic rings. The molecule has 30 heavy (non-hydrogen) atoms. The Morgan fingerprint density at radius 1 is 0.933 bits per heavy atom. The Morgan fingerprint density at radius 3 is 2.43 bits per heavy atom. The molecule has 0 fully saturated rings. The van der Waals surface area contributed by atoms with Crippen LogP contribution in [0.1, 0.15) is 26.2 Å². The summed E-state index contributed by atoms with van der Waals surface area (Å²) in [7, 11) is 0. The Hall–Kier alpha value is -3.41. The smallest absolute Gasteiger partial charge is 0.258 e. The first-order chi connectivity index (χ1) is 14.6. The van der Waals surface area contributed by atoms with Gasteiger partial charge in [-0.15, -0.1) is 0 Å². The number of hydrogen-bond acceptors (Lipinski definition) is 3. The molecule has 0 saturated heterocycles. The number of fused-ring (bicyclic) bond motifs is 1. The van der Waals surface area contributed by atoms with E-state index < -0.39 is 5.82 Å². The predicted octanol–water partition coefficient (Wildman–Crippen LogP) is 5.59. The number of benzene rings is 2. The number of pyridine rings is 1. The number of rotatable bonds is 6. The Morgan fingerprint density at radius 2 is 1.70 bits per heavy atom. The molecule has 6 heteroatoms. The number of halogens is 2. The molecule has 2 aromatic heterocycles. The summed E-state index contributed by atoms with van der Waals surface area (Å²) in [6.45, 7) is 2.72. The van der Waals surface area contributed by atoms with Gasteiger partial charge in [0.15, 0.2) is 5.82 Å². The number of aryl methyl sites for hydroxylation is 1. The van der Waals surface area contributed by atoms with Gasteiger partial charge in [-0.3, -0.25) is 4.79 Å². The molecule has 0 amide bonds. The van der Waals surface area contributed by atoms with E-state index in [0.29, 0.717) is 28.4 Å². The van der Waals surface area contributed by atoms with Gasteiger partial charge in [0.1, 0.15) is 11.6 Å². The van der Waals surface area contributed by atoms with Crippen LogP contribution in [-0.2, 0) is 6.54 Å². The number of unbranched alkanes of at least 4 members (excludes halogenated alkanes) is 2. The van der Waals surface area contributed by atoms with E-state index >= 15 is 0 Å². The molecule has 0 aliphatic carbocycles. The zero-order valence-corrected chi connectivity index (χ0v) is 16.6. The molecule has 0 N–H and O–H groups in total. The van der Waals surface area contributed by atoms with Gasteiger partial charge in [0, 0.05) is 36.3 Å². The first kappa shape index (κ1) is 19.9. The average Bonchev–Trinajstić information content (AvgIpc) is 2.76. The topological polar surface area (TPSA) is 47.8 Å². The van der Waals surface area contributed by atoms with Crippen LogP contribution in [0.25, 0.3) is 33.3 Å². The molecule has 0 radical (unpaired) electrons. The summed E-state index contributed by atoms with van der Waals surface area (Å²) in [5, 5.41) is 0.961. The molecule has 0 bridgehead atoms. The van der Waals surface area contributed by atoms with Gasteiger partial charge >= 0.3 is 0 Å². The Bertz CT molecular complexity index is 1250. The molecular formula is C24H21F2N3O. The van der Waals surface area contributed by atoms with Crippen molar-refractivity contribution in [3.63, 3.8) is 0 Å². The molecule has 0 atom stereocenters. The summed E-state index contributed by atoms with van der Waals surface area (Å²) in [4.78, 5) is 21.1. The highest BCUT2D eigenvalue weighted by Gasteiger charge is 2.13. The maximum Gasteiger partial charge on any atom is 0.258 e. The molecule has 0 aliphatic heterocycles. The maximum atomic E-state index is 14.8. The second-order valence-corrected chi connectivity index (χ2v) is 7.22. The van der Waals surface area contributed by atoms with E-state index in [1.807, 2.05) is 0 Å². The lowest BCUT2D eigenvalue weighted by molar-refractivity contribution is 0.590. The van der Waals surface area contributed by atoms with Gasteiger partial charge in [-0.05, 0) is 36.1 Å². The van der Waals surface area contributed by atoms with E-state index in [1.165, 1.54) is 24.5 Å². The quantitative estimate of drug-likeness (QED) is 0.393. The summed E-state index contributed by atoms with van der Waals surface area (Å²) in [5.74, 6) is -0.757. The predicted molar refractivity (Wildman–Crippen MR) is 114 cm³/mol. The summed E-state index contributed by atoms with van der Waals surface area (Å²) in [6.07, 6.45) is 7.69. The van der Waals surface area contributed by atoms with Crippen molar-refractivity contribution in [2.75, 3.05) is 0 Å². The lowest BCUT2D eigenvalue weighted by atomic mass is 10.1. The van der Waals surface area contributed by atoms with Crippen molar-refractivity contribution >= 4 is 10.8 Å². The van der Waals surface area contributed by atoms with E-state index in [-0.39, 0.29) is 22.8 Å². The van der Waals surface area contributed by atoms with Crippen LogP contribution in [-0.4, -0.2) is 14.5 Å². The highest BCUT2D eigenvalue weighted by molar-refractivity contribution is 5.86. The maximum absolute atomic E-state index is 14.8. The van der Waals surface area contributed by atoms with Crippen molar-refractivity contribution in [2.24, 2.45) is 0 Å². The number of aromatic nitrogens is 3. The van der Waals surface area contributed by atoms with Gasteiger partial charge < -0.3 is 4.57 Å². The van der Waals surface area contributed by atoms with Crippen molar-refractivity contribution in [3.05, 3.63) is 83.0 Å². The van der Waals surface area contributed by atoms with Gasteiger partial charge in [0.05, 0.1) is 10.9 Å². The monoisotopic (exact) mass is 405 g/mol. The SMILES string of the molecule is CCCCCn1ccc2cc(-c3ncc(-c4ccccc4F)cn3)c(F)cc2c1=O. The summed E-state index contributed by atoms with van der Waals surface area (Å²) in [5.41, 5.74) is 0.884. The van der Waals surface area contributed by atoms with Crippen LogP contribution in [0.15, 0.2) is 65.8 Å². The van der Waals surface area contributed by atoms with Gasteiger partial charge in [-0.25, -0.2) is 18.7 Å². The highest BCUT2D eigenvalue weighted by atomic mass is 19.1. The molecule has 4 aromatic rings. The van der Waals surface area contributed by atoms with Gasteiger partial charge in [0.25, 0.3) is 5.56 Å². The van der Waals surface area contributed by atoms with Gasteiger partial charge in [-0.1, -0.05) is 38.0 Å². The summed E-state index contributed by atoms with van der Waals surface area (Å²) in [6, 6.07) is 11.0. The lowest BCUT2D eigenvalue weighted by Gasteiger charge is -2.09. The Labute approximate surface area is 172 Å². The van der Waals surface area contributed by atoms with Crippen molar-refractivity contribution in [3.8, 4) is 22.5 Å². The number of nitrogens with zero attached hydrogens (tertiary/aromatic N) is 3. The zero-order chi connectivity index (χ0) is 21.1.